The summed E-state index contributed by atoms with van der Waals surface area (Å²) in [5, 5.41) is 2.89. The van der Waals surface area contributed by atoms with Crippen molar-refractivity contribution in [2.45, 2.75) is 32.2 Å². The largest absolute Gasteiger partial charge is 0.465 e. The highest BCUT2D eigenvalue weighted by Crippen LogP contribution is 2.27. The molecular formula is C12H22N2O3S. The first kappa shape index (κ1) is 15.3. The predicted molar refractivity (Wildman–Crippen MR) is 72.3 cm³/mol. The lowest BCUT2D eigenvalue weighted by Gasteiger charge is -2.10. The smallest absolute Gasteiger partial charge is 0.322 e. The van der Waals surface area contributed by atoms with Gasteiger partial charge in [0.1, 0.15) is 6.04 Å². The van der Waals surface area contributed by atoms with Gasteiger partial charge in [-0.2, -0.15) is 11.8 Å². The molecule has 1 rings (SSSR count). The monoisotopic (exact) mass is 274 g/mol. The molecule has 1 fully saturated rings. The van der Waals surface area contributed by atoms with Crippen molar-refractivity contribution in [1.29, 1.82) is 0 Å². The summed E-state index contributed by atoms with van der Waals surface area (Å²) in [4.78, 5) is 22.6. The van der Waals surface area contributed by atoms with Gasteiger partial charge in [0.15, 0.2) is 0 Å². The fourth-order valence-electron chi connectivity index (χ4n) is 1.37. The molecule has 1 aliphatic carbocycles. The average molecular weight is 274 g/mol. The molecule has 0 radical (unpaired) electrons. The Morgan fingerprint density at radius 2 is 2.22 bits per heavy atom. The Morgan fingerprint density at radius 3 is 2.83 bits per heavy atom. The van der Waals surface area contributed by atoms with Crippen LogP contribution in [0.3, 0.4) is 0 Å². The number of hydrogen-bond donors (Lipinski definition) is 2. The average Bonchev–Trinajstić information content (AvgIpc) is 3.16. The topological polar surface area (TPSA) is 81.4 Å². The Hall–Kier alpha value is -0.750. The summed E-state index contributed by atoms with van der Waals surface area (Å²) in [6.07, 6.45) is 3.02. The Bertz CT molecular complexity index is 282. The Labute approximate surface area is 112 Å². The molecule has 0 aromatic heterocycles. The zero-order valence-corrected chi connectivity index (χ0v) is 11.6. The van der Waals surface area contributed by atoms with Gasteiger partial charge in [0.2, 0.25) is 5.91 Å². The van der Waals surface area contributed by atoms with Crippen molar-refractivity contribution < 1.29 is 14.3 Å². The van der Waals surface area contributed by atoms with E-state index in [4.69, 9.17) is 10.5 Å². The van der Waals surface area contributed by atoms with Crippen LogP contribution in [0.4, 0.5) is 0 Å². The van der Waals surface area contributed by atoms with Gasteiger partial charge in [-0.3, -0.25) is 9.59 Å². The molecule has 0 aromatic rings. The van der Waals surface area contributed by atoms with Crippen molar-refractivity contribution >= 4 is 23.6 Å². The number of carbonyl (C=O) groups excluding carboxylic acids is 2. The predicted octanol–water partition coefficient (Wildman–Crippen LogP) is 0.526. The fraction of sp³-hybridized carbons (Fsp3) is 0.833. The van der Waals surface area contributed by atoms with E-state index in [0.29, 0.717) is 30.5 Å². The van der Waals surface area contributed by atoms with E-state index in [2.05, 4.69) is 5.32 Å². The molecule has 1 saturated carbocycles. The molecule has 6 heteroatoms. The maximum atomic E-state index is 11.4. The number of thioether (sulfide) groups is 1. The first-order valence-electron chi connectivity index (χ1n) is 6.40. The van der Waals surface area contributed by atoms with Crippen molar-refractivity contribution in [2.75, 3.05) is 24.7 Å². The van der Waals surface area contributed by atoms with Crippen LogP contribution in [0.15, 0.2) is 0 Å². The molecular weight excluding hydrogens is 252 g/mol. The van der Waals surface area contributed by atoms with Crippen molar-refractivity contribution in [3.63, 3.8) is 0 Å². The molecule has 0 heterocycles. The molecule has 3 N–H and O–H groups in total. The third-order valence-corrected chi connectivity index (χ3v) is 3.67. The van der Waals surface area contributed by atoms with Gasteiger partial charge in [-0.05, 0) is 37.9 Å². The Kier molecular flexibility index (Phi) is 7.12. The molecule has 1 amide bonds. The summed E-state index contributed by atoms with van der Waals surface area (Å²) in [6, 6.07) is -0.577. The summed E-state index contributed by atoms with van der Waals surface area (Å²) in [5.74, 6) is 1.53. The lowest BCUT2D eigenvalue weighted by Crippen LogP contribution is -2.33. The zero-order valence-electron chi connectivity index (χ0n) is 10.8. The fourth-order valence-corrected chi connectivity index (χ4v) is 2.23. The van der Waals surface area contributed by atoms with E-state index in [1.165, 1.54) is 24.6 Å². The third kappa shape index (κ3) is 6.86. The van der Waals surface area contributed by atoms with E-state index in [1.807, 2.05) is 0 Å². The molecule has 0 aliphatic heterocycles. The van der Waals surface area contributed by atoms with Gasteiger partial charge < -0.3 is 15.8 Å². The summed E-state index contributed by atoms with van der Waals surface area (Å²) >= 11 is 1.50. The van der Waals surface area contributed by atoms with Gasteiger partial charge in [-0.15, -0.1) is 0 Å². The molecule has 104 valence electrons. The van der Waals surface area contributed by atoms with Gasteiger partial charge in [-0.1, -0.05) is 0 Å². The molecule has 1 unspecified atom stereocenters. The van der Waals surface area contributed by atoms with Crippen molar-refractivity contribution in [1.82, 2.24) is 5.32 Å². The van der Waals surface area contributed by atoms with Gasteiger partial charge in [0, 0.05) is 6.54 Å². The minimum Gasteiger partial charge on any atom is -0.465 e. The van der Waals surface area contributed by atoms with Crippen LogP contribution in [0.25, 0.3) is 0 Å². The number of rotatable bonds is 9. The van der Waals surface area contributed by atoms with Crippen LogP contribution in [-0.2, 0) is 14.3 Å². The maximum Gasteiger partial charge on any atom is 0.322 e. The summed E-state index contributed by atoms with van der Waals surface area (Å²) < 4.78 is 4.80. The van der Waals surface area contributed by atoms with Crippen molar-refractivity contribution in [3.8, 4) is 0 Å². The van der Waals surface area contributed by atoms with Crippen LogP contribution < -0.4 is 11.1 Å². The molecule has 1 atom stereocenters. The van der Waals surface area contributed by atoms with Crippen molar-refractivity contribution in [2.24, 2.45) is 11.7 Å². The van der Waals surface area contributed by atoms with E-state index in [1.54, 1.807) is 6.92 Å². The summed E-state index contributed by atoms with van der Waals surface area (Å²) in [6.45, 7) is 2.91. The molecule has 0 spiro atoms. The highest BCUT2D eigenvalue weighted by Gasteiger charge is 2.21. The number of esters is 1. The van der Waals surface area contributed by atoms with Crippen LogP contribution in [0.1, 0.15) is 26.2 Å². The van der Waals surface area contributed by atoms with Crippen molar-refractivity contribution in [3.05, 3.63) is 0 Å². The van der Waals surface area contributed by atoms with Crippen LogP contribution >= 0.6 is 11.8 Å². The second kappa shape index (κ2) is 8.37. The second-order valence-corrected chi connectivity index (χ2v) is 5.55. The summed E-state index contributed by atoms with van der Waals surface area (Å²) in [5.41, 5.74) is 5.64. The lowest BCUT2D eigenvalue weighted by atomic mass is 10.2. The zero-order chi connectivity index (χ0) is 13.4. The minimum absolute atomic E-state index is 0.0663. The first-order valence-corrected chi connectivity index (χ1v) is 7.55. The Balaban J connectivity index is 1.96. The number of hydrogen-bond acceptors (Lipinski definition) is 5. The van der Waals surface area contributed by atoms with E-state index in [-0.39, 0.29) is 11.9 Å². The molecule has 18 heavy (non-hydrogen) atoms. The normalized spacial score (nSPS) is 16.1. The van der Waals surface area contributed by atoms with Crippen LogP contribution in [0.2, 0.25) is 0 Å². The SMILES string of the molecule is CCOC(=O)C(N)CCSCC(=O)NCC1CC1. The highest BCUT2D eigenvalue weighted by molar-refractivity contribution is 7.99. The molecule has 5 nitrogen and oxygen atoms in total. The molecule has 1 aliphatic rings. The second-order valence-electron chi connectivity index (χ2n) is 4.45. The number of ether oxygens (including phenoxy) is 1. The quantitative estimate of drug-likeness (QED) is 0.473. The number of nitrogens with one attached hydrogen (secondary N) is 1. The first-order chi connectivity index (χ1) is 8.63. The third-order valence-electron chi connectivity index (χ3n) is 2.68. The maximum absolute atomic E-state index is 11.4. The van der Waals surface area contributed by atoms with Gasteiger partial charge in [-0.25, -0.2) is 0 Å². The summed E-state index contributed by atoms with van der Waals surface area (Å²) in [7, 11) is 0. The standard InChI is InChI=1S/C12H22N2O3S/c1-2-17-12(16)10(13)5-6-18-8-11(15)14-7-9-3-4-9/h9-10H,2-8,13H2,1H3,(H,14,15). The van der Waals surface area contributed by atoms with E-state index in [9.17, 15) is 9.59 Å². The van der Waals surface area contributed by atoms with Gasteiger partial charge >= 0.3 is 5.97 Å². The molecule has 0 bridgehead atoms. The van der Waals surface area contributed by atoms with Gasteiger partial charge in [0.25, 0.3) is 0 Å². The van der Waals surface area contributed by atoms with Crippen LogP contribution in [0.5, 0.6) is 0 Å². The van der Waals surface area contributed by atoms with E-state index >= 15 is 0 Å². The van der Waals surface area contributed by atoms with Crippen LogP contribution in [-0.4, -0.2) is 42.6 Å². The Morgan fingerprint density at radius 1 is 1.50 bits per heavy atom. The van der Waals surface area contributed by atoms with Crippen LogP contribution in [0, 0.1) is 5.92 Å². The molecule has 0 saturated heterocycles. The molecule has 0 aromatic carbocycles. The van der Waals surface area contributed by atoms with E-state index < -0.39 is 6.04 Å². The number of nitrogens with two attached hydrogens (primary N) is 1. The number of amides is 1. The van der Waals surface area contributed by atoms with Gasteiger partial charge in [0.05, 0.1) is 12.4 Å². The number of carbonyl (C=O) groups is 2. The highest BCUT2D eigenvalue weighted by atomic mass is 32.2. The lowest BCUT2D eigenvalue weighted by molar-refractivity contribution is -0.144. The van der Waals surface area contributed by atoms with E-state index in [0.717, 1.165) is 6.54 Å². The minimum atomic E-state index is -0.577.